The van der Waals surface area contributed by atoms with Crippen molar-refractivity contribution in [3.8, 4) is 0 Å². The lowest BCUT2D eigenvalue weighted by molar-refractivity contribution is -0.127. The molecule has 1 atom stereocenters. The highest BCUT2D eigenvalue weighted by atomic mass is 16.2. The lowest BCUT2D eigenvalue weighted by Crippen LogP contribution is -2.39. The molecule has 3 amide bonds. The Morgan fingerprint density at radius 3 is 2.61 bits per heavy atom. The van der Waals surface area contributed by atoms with Crippen LogP contribution in [-0.2, 0) is 11.2 Å². The number of hydrogen-bond donors (Lipinski definition) is 3. The molecule has 0 bridgehead atoms. The molecule has 2 aliphatic carbocycles. The van der Waals surface area contributed by atoms with E-state index in [-0.39, 0.29) is 23.9 Å². The molecular formula is C18H25N3O2. The standard InChI is InChI=1S/C18H25N3O2/c22-17(14-6-3-7-14)19-11-4-12-20-18(23)21-16-10-9-13-5-1-2-8-15(13)16/h1-2,5,8,14,16H,3-4,6-7,9-12H2,(H,19,22)(H2,20,21,23)/t16-/m0/s1. The normalized spacial score (nSPS) is 19.6. The average molecular weight is 315 g/mol. The topological polar surface area (TPSA) is 70.2 Å². The summed E-state index contributed by atoms with van der Waals surface area (Å²) in [5.41, 5.74) is 2.56. The van der Waals surface area contributed by atoms with Crippen LogP contribution in [0.25, 0.3) is 0 Å². The highest BCUT2D eigenvalue weighted by molar-refractivity contribution is 5.79. The predicted octanol–water partition coefficient (Wildman–Crippen LogP) is 2.28. The molecule has 23 heavy (non-hydrogen) atoms. The first-order valence-corrected chi connectivity index (χ1v) is 8.64. The molecule has 3 N–H and O–H groups in total. The summed E-state index contributed by atoms with van der Waals surface area (Å²) in [6.07, 6.45) is 5.96. The Balaban J connectivity index is 1.30. The molecule has 0 heterocycles. The lowest BCUT2D eigenvalue weighted by atomic mass is 9.85. The number of fused-ring (bicyclic) bond motifs is 1. The van der Waals surface area contributed by atoms with Crippen molar-refractivity contribution < 1.29 is 9.59 Å². The third-order valence-electron chi connectivity index (χ3n) is 4.85. The Morgan fingerprint density at radius 2 is 1.83 bits per heavy atom. The van der Waals surface area contributed by atoms with E-state index in [1.807, 2.05) is 12.1 Å². The van der Waals surface area contributed by atoms with E-state index in [0.717, 1.165) is 32.1 Å². The van der Waals surface area contributed by atoms with Crippen LogP contribution in [0.5, 0.6) is 0 Å². The van der Waals surface area contributed by atoms with E-state index in [4.69, 9.17) is 0 Å². The van der Waals surface area contributed by atoms with E-state index < -0.39 is 0 Å². The summed E-state index contributed by atoms with van der Waals surface area (Å²) in [5, 5.41) is 8.84. The largest absolute Gasteiger partial charge is 0.356 e. The molecule has 0 unspecified atom stereocenters. The van der Waals surface area contributed by atoms with Crippen LogP contribution in [0.1, 0.15) is 49.3 Å². The third-order valence-corrected chi connectivity index (χ3v) is 4.85. The maximum atomic E-state index is 12.0. The molecule has 1 saturated carbocycles. The SMILES string of the molecule is O=C(NCCCNC(=O)C1CCC1)N[C@H]1CCc2ccccc21. The van der Waals surface area contributed by atoms with Gasteiger partial charge in [0.25, 0.3) is 0 Å². The van der Waals surface area contributed by atoms with E-state index >= 15 is 0 Å². The number of carbonyl (C=O) groups excluding carboxylic acids is 2. The zero-order valence-electron chi connectivity index (χ0n) is 13.4. The molecule has 1 aromatic rings. The molecule has 2 aliphatic rings. The van der Waals surface area contributed by atoms with E-state index in [0.29, 0.717) is 13.1 Å². The van der Waals surface area contributed by atoms with Crippen molar-refractivity contribution in [1.29, 1.82) is 0 Å². The molecular weight excluding hydrogens is 290 g/mol. The van der Waals surface area contributed by atoms with Crippen molar-refractivity contribution in [3.05, 3.63) is 35.4 Å². The Bertz CT molecular complexity index is 569. The summed E-state index contributed by atoms with van der Waals surface area (Å²) in [5.74, 6) is 0.400. The molecule has 3 rings (SSSR count). The van der Waals surface area contributed by atoms with Gasteiger partial charge in [-0.15, -0.1) is 0 Å². The fourth-order valence-corrected chi connectivity index (χ4v) is 3.23. The van der Waals surface area contributed by atoms with Gasteiger partial charge < -0.3 is 16.0 Å². The van der Waals surface area contributed by atoms with E-state index in [2.05, 4.69) is 28.1 Å². The Kier molecular flexibility index (Phi) is 5.16. The Morgan fingerprint density at radius 1 is 1.04 bits per heavy atom. The molecule has 5 nitrogen and oxygen atoms in total. The predicted molar refractivity (Wildman–Crippen MR) is 89.0 cm³/mol. The smallest absolute Gasteiger partial charge is 0.315 e. The number of amides is 3. The summed E-state index contributed by atoms with van der Waals surface area (Å²) >= 11 is 0. The van der Waals surface area contributed by atoms with Crippen molar-refractivity contribution in [2.75, 3.05) is 13.1 Å². The number of benzene rings is 1. The number of urea groups is 1. The van der Waals surface area contributed by atoms with Gasteiger partial charge in [0.2, 0.25) is 5.91 Å². The van der Waals surface area contributed by atoms with Gasteiger partial charge in [-0.1, -0.05) is 30.7 Å². The Hall–Kier alpha value is -2.04. The van der Waals surface area contributed by atoms with Gasteiger partial charge in [-0.2, -0.15) is 0 Å². The second-order valence-corrected chi connectivity index (χ2v) is 6.46. The fraction of sp³-hybridized carbons (Fsp3) is 0.556. The molecule has 1 fully saturated rings. The molecule has 0 radical (unpaired) electrons. The summed E-state index contributed by atoms with van der Waals surface area (Å²) in [7, 11) is 0. The first-order chi connectivity index (χ1) is 11.2. The number of carbonyl (C=O) groups is 2. The van der Waals surface area contributed by atoms with Crippen molar-refractivity contribution in [3.63, 3.8) is 0 Å². The van der Waals surface area contributed by atoms with Crippen molar-refractivity contribution in [2.24, 2.45) is 5.92 Å². The zero-order valence-corrected chi connectivity index (χ0v) is 13.4. The van der Waals surface area contributed by atoms with E-state index in [9.17, 15) is 9.59 Å². The van der Waals surface area contributed by atoms with Crippen LogP contribution in [-0.4, -0.2) is 25.0 Å². The number of hydrogen-bond acceptors (Lipinski definition) is 2. The zero-order chi connectivity index (χ0) is 16.1. The van der Waals surface area contributed by atoms with Gasteiger partial charge in [0.1, 0.15) is 0 Å². The van der Waals surface area contributed by atoms with Gasteiger partial charge >= 0.3 is 6.03 Å². The number of rotatable bonds is 6. The van der Waals surface area contributed by atoms with E-state index in [1.54, 1.807) is 0 Å². The molecule has 0 spiro atoms. The summed E-state index contributed by atoms with van der Waals surface area (Å²) in [6.45, 7) is 1.20. The van der Waals surface area contributed by atoms with Gasteiger partial charge in [-0.05, 0) is 43.2 Å². The molecule has 1 aromatic carbocycles. The van der Waals surface area contributed by atoms with Crippen LogP contribution in [0.2, 0.25) is 0 Å². The fourth-order valence-electron chi connectivity index (χ4n) is 3.23. The van der Waals surface area contributed by atoms with Crippen LogP contribution >= 0.6 is 0 Å². The van der Waals surface area contributed by atoms with Crippen molar-refractivity contribution in [2.45, 2.75) is 44.6 Å². The molecule has 5 heteroatoms. The van der Waals surface area contributed by atoms with Crippen LogP contribution in [0.3, 0.4) is 0 Å². The monoisotopic (exact) mass is 315 g/mol. The van der Waals surface area contributed by atoms with Gasteiger partial charge in [0.05, 0.1) is 6.04 Å². The van der Waals surface area contributed by atoms with Gasteiger partial charge in [-0.25, -0.2) is 4.79 Å². The first kappa shape index (κ1) is 15.8. The molecule has 0 saturated heterocycles. The number of nitrogens with one attached hydrogen (secondary N) is 3. The lowest BCUT2D eigenvalue weighted by Gasteiger charge is -2.24. The van der Waals surface area contributed by atoms with Crippen molar-refractivity contribution in [1.82, 2.24) is 16.0 Å². The quantitative estimate of drug-likeness (QED) is 0.705. The number of aryl methyl sites for hydroxylation is 1. The molecule has 0 aliphatic heterocycles. The molecule has 124 valence electrons. The third kappa shape index (κ3) is 4.03. The van der Waals surface area contributed by atoms with Crippen LogP contribution in [0.15, 0.2) is 24.3 Å². The van der Waals surface area contributed by atoms with Crippen LogP contribution < -0.4 is 16.0 Å². The van der Waals surface area contributed by atoms with Gasteiger partial charge in [-0.3, -0.25) is 4.79 Å². The maximum Gasteiger partial charge on any atom is 0.315 e. The molecule has 0 aromatic heterocycles. The summed E-state index contributed by atoms with van der Waals surface area (Å²) in [6, 6.07) is 8.26. The van der Waals surface area contributed by atoms with E-state index in [1.165, 1.54) is 17.5 Å². The minimum Gasteiger partial charge on any atom is -0.356 e. The van der Waals surface area contributed by atoms with Crippen LogP contribution in [0, 0.1) is 5.92 Å². The summed E-state index contributed by atoms with van der Waals surface area (Å²) in [4.78, 5) is 23.6. The van der Waals surface area contributed by atoms with Crippen LogP contribution in [0.4, 0.5) is 4.79 Å². The Labute approximate surface area is 137 Å². The maximum absolute atomic E-state index is 12.0. The first-order valence-electron chi connectivity index (χ1n) is 8.64. The second-order valence-electron chi connectivity index (χ2n) is 6.46. The van der Waals surface area contributed by atoms with Gasteiger partial charge in [0.15, 0.2) is 0 Å². The summed E-state index contributed by atoms with van der Waals surface area (Å²) < 4.78 is 0. The minimum atomic E-state index is -0.128. The van der Waals surface area contributed by atoms with Gasteiger partial charge in [0, 0.05) is 19.0 Å². The highest BCUT2D eigenvalue weighted by Gasteiger charge is 2.25. The average Bonchev–Trinajstić information content (AvgIpc) is 2.88. The highest BCUT2D eigenvalue weighted by Crippen LogP contribution is 2.30. The van der Waals surface area contributed by atoms with Crippen molar-refractivity contribution >= 4 is 11.9 Å². The minimum absolute atomic E-state index is 0.115. The second kappa shape index (κ2) is 7.49.